The summed E-state index contributed by atoms with van der Waals surface area (Å²) >= 11 is 3.63. The zero-order chi connectivity index (χ0) is 10.9. The second-order valence-electron chi connectivity index (χ2n) is 2.42. The van der Waals surface area contributed by atoms with Gasteiger partial charge in [-0.15, -0.1) is 13.2 Å². The summed E-state index contributed by atoms with van der Waals surface area (Å²) in [5.74, 6) is -0.169. The van der Waals surface area contributed by atoms with Gasteiger partial charge in [-0.05, 0) is 52.1 Å². The van der Waals surface area contributed by atoms with Crippen LogP contribution in [0.4, 0.5) is 13.2 Å². The van der Waals surface area contributed by atoms with E-state index in [0.29, 0.717) is 12.8 Å². The molecule has 1 heterocycles. The molecule has 0 aliphatic rings. The van der Waals surface area contributed by atoms with Crippen LogP contribution in [0.1, 0.15) is 5.56 Å². The Bertz CT molecular complexity index is 354. The van der Waals surface area contributed by atoms with Crippen LogP contribution in [0.3, 0.4) is 0 Å². The van der Waals surface area contributed by atoms with E-state index in [1.165, 1.54) is 13.1 Å². The van der Waals surface area contributed by atoms with Crippen molar-refractivity contribution in [2.75, 3.05) is 0 Å². The minimum Gasteiger partial charge on any atom is -0.404 e. The third-order valence-corrected chi connectivity index (χ3v) is 4.18. The smallest absolute Gasteiger partial charge is 0.404 e. The van der Waals surface area contributed by atoms with Gasteiger partial charge in [0.1, 0.15) is 9.45 Å². The summed E-state index contributed by atoms with van der Waals surface area (Å²) in [6.07, 6.45) is -3.31. The molecule has 0 bridgehead atoms. The first-order valence-electron chi connectivity index (χ1n) is 3.37. The van der Waals surface area contributed by atoms with Crippen LogP contribution in [0, 0.1) is 14.2 Å². The maximum Gasteiger partial charge on any atom is 0.573 e. The average molecular weight is 429 g/mol. The highest BCUT2D eigenvalue weighted by Crippen LogP contribution is 2.32. The number of aryl methyl sites for hydroxylation is 1. The maximum absolute atomic E-state index is 12.0. The van der Waals surface area contributed by atoms with Crippen LogP contribution in [0.15, 0.2) is 6.20 Å². The fraction of sp³-hybridized carbons (Fsp3) is 0.286. The minimum atomic E-state index is -4.66. The Hall–Kier alpha value is 0.200. The summed E-state index contributed by atoms with van der Waals surface area (Å²) in [5, 5.41) is 0. The van der Waals surface area contributed by atoms with E-state index >= 15 is 0 Å². The largest absolute Gasteiger partial charge is 0.573 e. The van der Waals surface area contributed by atoms with Crippen LogP contribution in [-0.2, 0) is 0 Å². The lowest BCUT2D eigenvalue weighted by Crippen LogP contribution is -2.19. The standard InChI is InChI=1S/C7H4F3I2NO/c1-3-2-13-6(12)4(11)5(3)14-7(8,9)10/h2H,1H3. The summed E-state index contributed by atoms with van der Waals surface area (Å²) in [7, 11) is 0. The second kappa shape index (κ2) is 4.37. The molecule has 7 heteroatoms. The van der Waals surface area contributed by atoms with Crippen LogP contribution in [-0.4, -0.2) is 11.3 Å². The minimum absolute atomic E-state index is 0.169. The summed E-state index contributed by atoms with van der Waals surface area (Å²) < 4.78 is 40.7. The summed E-state index contributed by atoms with van der Waals surface area (Å²) in [6, 6.07) is 0. The molecule has 1 aromatic heterocycles. The van der Waals surface area contributed by atoms with Gasteiger partial charge in [-0.25, -0.2) is 4.98 Å². The number of rotatable bonds is 1. The molecule has 0 aliphatic carbocycles. The Balaban J connectivity index is 3.13. The molecule has 0 fully saturated rings. The van der Waals surface area contributed by atoms with E-state index in [4.69, 9.17) is 0 Å². The van der Waals surface area contributed by atoms with Gasteiger partial charge in [0.25, 0.3) is 0 Å². The molecule has 0 saturated heterocycles. The first kappa shape index (κ1) is 12.3. The van der Waals surface area contributed by atoms with Crippen molar-refractivity contribution in [3.05, 3.63) is 19.0 Å². The molecule has 14 heavy (non-hydrogen) atoms. The van der Waals surface area contributed by atoms with Crippen LogP contribution in [0.2, 0.25) is 0 Å². The Kier molecular flexibility index (Phi) is 3.83. The zero-order valence-electron chi connectivity index (χ0n) is 6.82. The van der Waals surface area contributed by atoms with Gasteiger partial charge in [0.05, 0.1) is 3.57 Å². The number of pyridine rings is 1. The fourth-order valence-corrected chi connectivity index (χ4v) is 1.84. The molecule has 0 saturated carbocycles. The predicted molar refractivity (Wildman–Crippen MR) is 61.1 cm³/mol. The van der Waals surface area contributed by atoms with Gasteiger partial charge in [0.15, 0.2) is 0 Å². The van der Waals surface area contributed by atoms with Crippen molar-refractivity contribution in [1.82, 2.24) is 4.98 Å². The van der Waals surface area contributed by atoms with Gasteiger partial charge in [-0.3, -0.25) is 0 Å². The molecule has 0 radical (unpaired) electrons. The molecule has 1 rings (SSSR count). The molecule has 0 atom stereocenters. The quantitative estimate of drug-likeness (QED) is 0.504. The zero-order valence-corrected chi connectivity index (χ0v) is 11.1. The number of hydrogen-bond donors (Lipinski definition) is 0. The number of hydrogen-bond acceptors (Lipinski definition) is 2. The molecular weight excluding hydrogens is 425 g/mol. The molecule has 0 spiro atoms. The number of aromatic nitrogens is 1. The van der Waals surface area contributed by atoms with Gasteiger partial charge < -0.3 is 4.74 Å². The highest BCUT2D eigenvalue weighted by molar-refractivity contribution is 14.1. The number of halogens is 5. The average Bonchev–Trinajstić information content (AvgIpc) is 2.04. The van der Waals surface area contributed by atoms with Crippen molar-refractivity contribution >= 4 is 45.2 Å². The molecule has 0 aromatic carbocycles. The fourth-order valence-electron chi connectivity index (χ4n) is 0.777. The van der Waals surface area contributed by atoms with Crippen molar-refractivity contribution in [1.29, 1.82) is 0 Å². The van der Waals surface area contributed by atoms with E-state index in [9.17, 15) is 13.2 Å². The third kappa shape index (κ3) is 3.11. The van der Waals surface area contributed by atoms with E-state index in [0.717, 1.165) is 0 Å². The molecule has 0 aliphatic heterocycles. The molecule has 78 valence electrons. The van der Waals surface area contributed by atoms with Crippen molar-refractivity contribution in [2.24, 2.45) is 0 Å². The van der Waals surface area contributed by atoms with E-state index in [2.05, 4.69) is 9.72 Å². The van der Waals surface area contributed by atoms with Crippen LogP contribution < -0.4 is 4.74 Å². The lowest BCUT2D eigenvalue weighted by Gasteiger charge is -2.13. The van der Waals surface area contributed by atoms with Gasteiger partial charge in [0.2, 0.25) is 0 Å². The number of alkyl halides is 3. The SMILES string of the molecule is Cc1cnc(I)c(I)c1OC(F)(F)F. The second-order valence-corrected chi connectivity index (χ2v) is 4.52. The van der Waals surface area contributed by atoms with Gasteiger partial charge in [-0.2, -0.15) is 0 Å². The third-order valence-electron chi connectivity index (χ3n) is 1.33. The van der Waals surface area contributed by atoms with Crippen molar-refractivity contribution < 1.29 is 17.9 Å². The highest BCUT2D eigenvalue weighted by atomic mass is 127. The maximum atomic E-state index is 12.0. The van der Waals surface area contributed by atoms with Gasteiger partial charge in [-0.1, -0.05) is 0 Å². The van der Waals surface area contributed by atoms with Crippen LogP contribution in [0.5, 0.6) is 5.75 Å². The Morgan fingerprint density at radius 2 is 1.93 bits per heavy atom. The summed E-state index contributed by atoms with van der Waals surface area (Å²) in [6.45, 7) is 1.52. The van der Waals surface area contributed by atoms with Gasteiger partial charge >= 0.3 is 6.36 Å². The number of nitrogens with zero attached hydrogens (tertiary/aromatic N) is 1. The lowest BCUT2D eigenvalue weighted by molar-refractivity contribution is -0.275. The molecule has 1 aromatic rings. The van der Waals surface area contributed by atoms with E-state index in [1.807, 2.05) is 22.6 Å². The summed E-state index contributed by atoms with van der Waals surface area (Å²) in [4.78, 5) is 3.90. The first-order chi connectivity index (χ1) is 6.31. The van der Waals surface area contributed by atoms with Crippen molar-refractivity contribution in [2.45, 2.75) is 13.3 Å². The predicted octanol–water partition coefficient (Wildman–Crippen LogP) is 3.50. The first-order valence-corrected chi connectivity index (χ1v) is 5.53. The Morgan fingerprint density at radius 1 is 1.36 bits per heavy atom. The van der Waals surface area contributed by atoms with E-state index in [-0.39, 0.29) is 5.75 Å². The topological polar surface area (TPSA) is 22.1 Å². The number of ether oxygens (including phenoxy) is 1. The lowest BCUT2D eigenvalue weighted by atomic mass is 10.3. The van der Waals surface area contributed by atoms with Crippen LogP contribution >= 0.6 is 45.2 Å². The van der Waals surface area contributed by atoms with Crippen LogP contribution in [0.25, 0.3) is 0 Å². The Labute approximate surface area is 106 Å². The molecule has 2 nitrogen and oxygen atoms in total. The van der Waals surface area contributed by atoms with Gasteiger partial charge in [0, 0.05) is 11.8 Å². The monoisotopic (exact) mass is 429 g/mol. The Morgan fingerprint density at radius 3 is 2.43 bits per heavy atom. The van der Waals surface area contributed by atoms with E-state index < -0.39 is 6.36 Å². The molecule has 0 amide bonds. The normalized spacial score (nSPS) is 11.6. The molecule has 0 unspecified atom stereocenters. The highest BCUT2D eigenvalue weighted by Gasteiger charge is 2.33. The van der Waals surface area contributed by atoms with Crippen molar-refractivity contribution in [3.63, 3.8) is 0 Å². The summed E-state index contributed by atoms with van der Waals surface area (Å²) in [5.41, 5.74) is 0.368. The molecule has 0 N–H and O–H groups in total. The van der Waals surface area contributed by atoms with E-state index in [1.54, 1.807) is 22.6 Å². The van der Waals surface area contributed by atoms with Crippen molar-refractivity contribution in [3.8, 4) is 5.75 Å². The molecular formula is C7H4F3I2NO.